The highest BCUT2D eigenvalue weighted by atomic mass is 15.2. The van der Waals surface area contributed by atoms with Gasteiger partial charge in [0.05, 0.1) is 5.69 Å². The maximum absolute atomic E-state index is 5.35. The van der Waals surface area contributed by atoms with E-state index in [4.69, 9.17) is 4.98 Å². The van der Waals surface area contributed by atoms with Gasteiger partial charge in [0.25, 0.3) is 0 Å². The summed E-state index contributed by atoms with van der Waals surface area (Å²) < 4.78 is 0. The van der Waals surface area contributed by atoms with Crippen molar-refractivity contribution in [3.63, 3.8) is 0 Å². The van der Waals surface area contributed by atoms with Crippen molar-refractivity contribution in [2.75, 3.05) is 19.6 Å². The van der Waals surface area contributed by atoms with Crippen LogP contribution in [0.15, 0.2) is 48.5 Å². The van der Waals surface area contributed by atoms with Gasteiger partial charge in [-0.3, -0.25) is 14.8 Å². The van der Waals surface area contributed by atoms with E-state index in [0.717, 1.165) is 38.9 Å². The first kappa shape index (κ1) is 27.1. The fourth-order valence-electron chi connectivity index (χ4n) is 6.82. The molecule has 1 atom stereocenters. The third-order valence-corrected chi connectivity index (χ3v) is 8.85. The van der Waals surface area contributed by atoms with Crippen LogP contribution in [0, 0.1) is 12.8 Å². The molecule has 202 valence electrons. The van der Waals surface area contributed by atoms with E-state index in [0.29, 0.717) is 12.0 Å². The predicted molar refractivity (Wildman–Crippen MR) is 160 cm³/mol. The monoisotopic (exact) mass is 509 g/mol. The first-order valence-electron chi connectivity index (χ1n) is 15.1. The van der Waals surface area contributed by atoms with E-state index >= 15 is 0 Å². The van der Waals surface area contributed by atoms with Gasteiger partial charge in [0, 0.05) is 36.9 Å². The molecule has 1 saturated heterocycles. The van der Waals surface area contributed by atoms with Crippen LogP contribution in [0.3, 0.4) is 0 Å². The number of pyridine rings is 1. The number of rotatable bonds is 9. The van der Waals surface area contributed by atoms with Crippen LogP contribution in [0.2, 0.25) is 0 Å². The molecule has 1 aromatic heterocycles. The number of likely N-dealkylation sites (tertiary alicyclic amines) is 1. The Hall–Kier alpha value is -2.49. The van der Waals surface area contributed by atoms with Gasteiger partial charge in [-0.15, -0.1) is 0 Å². The molecule has 1 unspecified atom stereocenters. The van der Waals surface area contributed by atoms with E-state index < -0.39 is 0 Å². The van der Waals surface area contributed by atoms with Crippen molar-refractivity contribution in [3.05, 3.63) is 87.6 Å². The smallest absolute Gasteiger partial charge is 0.0714 e. The minimum Gasteiger partial charge on any atom is -0.299 e. The van der Waals surface area contributed by atoms with Crippen LogP contribution in [-0.2, 0) is 32.4 Å². The molecule has 1 fully saturated rings. The minimum absolute atomic E-state index is 0.478. The van der Waals surface area contributed by atoms with E-state index in [1.54, 1.807) is 11.1 Å². The average Bonchev–Trinajstić information content (AvgIpc) is 3.43. The molecule has 0 bridgehead atoms. The number of nitrogens with zero attached hydrogens (tertiary/aromatic N) is 3. The number of aryl methyl sites for hydroxylation is 3. The van der Waals surface area contributed by atoms with Gasteiger partial charge in [0.1, 0.15) is 0 Å². The van der Waals surface area contributed by atoms with Gasteiger partial charge in [-0.2, -0.15) is 0 Å². The predicted octanol–water partition coefficient (Wildman–Crippen LogP) is 7.92. The molecule has 3 aromatic rings. The summed E-state index contributed by atoms with van der Waals surface area (Å²) in [5.41, 5.74) is 12.6. The van der Waals surface area contributed by atoms with Gasteiger partial charge >= 0.3 is 0 Å². The Morgan fingerprint density at radius 2 is 1.58 bits per heavy atom. The SMILES string of the molecule is CCc1cccc(CC)c1-c1cc(CN2CCCC2)c(CN2CCc3ccccc3C2CC(C)C)c(C)n1. The van der Waals surface area contributed by atoms with Crippen LogP contribution >= 0.6 is 0 Å². The molecule has 2 aliphatic heterocycles. The third kappa shape index (κ3) is 5.75. The lowest BCUT2D eigenvalue weighted by Gasteiger charge is -2.39. The lowest BCUT2D eigenvalue weighted by molar-refractivity contribution is 0.153. The highest BCUT2D eigenvalue weighted by Crippen LogP contribution is 2.37. The zero-order chi connectivity index (χ0) is 26.6. The maximum atomic E-state index is 5.35. The molecule has 38 heavy (non-hydrogen) atoms. The van der Waals surface area contributed by atoms with E-state index in [2.05, 4.69) is 92.9 Å². The Morgan fingerprint density at radius 1 is 0.868 bits per heavy atom. The second-order valence-electron chi connectivity index (χ2n) is 11.9. The summed E-state index contributed by atoms with van der Waals surface area (Å²) in [7, 11) is 0. The lowest BCUT2D eigenvalue weighted by Crippen LogP contribution is -2.36. The molecule has 0 saturated carbocycles. The highest BCUT2D eigenvalue weighted by Gasteiger charge is 2.29. The normalized spacial score (nSPS) is 18.3. The Bertz CT molecular complexity index is 1220. The number of hydrogen-bond donors (Lipinski definition) is 0. The lowest BCUT2D eigenvalue weighted by atomic mass is 9.87. The number of fused-ring (bicyclic) bond motifs is 1. The van der Waals surface area contributed by atoms with Crippen LogP contribution in [0.4, 0.5) is 0 Å². The number of aromatic nitrogens is 1. The Morgan fingerprint density at radius 3 is 2.26 bits per heavy atom. The summed E-state index contributed by atoms with van der Waals surface area (Å²) in [4.78, 5) is 10.8. The Labute approximate surface area is 231 Å². The van der Waals surface area contributed by atoms with Gasteiger partial charge < -0.3 is 0 Å². The first-order valence-corrected chi connectivity index (χ1v) is 15.1. The van der Waals surface area contributed by atoms with Gasteiger partial charge in [-0.1, -0.05) is 70.2 Å². The zero-order valence-corrected chi connectivity index (χ0v) is 24.4. The summed E-state index contributed by atoms with van der Waals surface area (Å²) in [6.45, 7) is 17.1. The van der Waals surface area contributed by atoms with Crippen LogP contribution in [-0.4, -0.2) is 34.4 Å². The van der Waals surface area contributed by atoms with Crippen LogP contribution in [0.25, 0.3) is 11.3 Å². The number of hydrogen-bond acceptors (Lipinski definition) is 3. The molecule has 0 spiro atoms. The largest absolute Gasteiger partial charge is 0.299 e. The van der Waals surface area contributed by atoms with Crippen molar-refractivity contribution in [1.82, 2.24) is 14.8 Å². The molecule has 2 aliphatic rings. The van der Waals surface area contributed by atoms with Crippen LogP contribution in [0.5, 0.6) is 0 Å². The summed E-state index contributed by atoms with van der Waals surface area (Å²) >= 11 is 0. The van der Waals surface area contributed by atoms with Crippen molar-refractivity contribution in [1.29, 1.82) is 0 Å². The maximum Gasteiger partial charge on any atom is 0.0714 e. The molecule has 0 radical (unpaired) electrons. The minimum atomic E-state index is 0.478. The molecule has 0 N–H and O–H groups in total. The quantitative estimate of drug-likeness (QED) is 0.292. The van der Waals surface area contributed by atoms with Crippen molar-refractivity contribution in [2.45, 2.75) is 92.3 Å². The van der Waals surface area contributed by atoms with Crippen molar-refractivity contribution in [3.8, 4) is 11.3 Å². The number of benzene rings is 2. The molecule has 5 rings (SSSR count). The summed E-state index contributed by atoms with van der Waals surface area (Å²) in [6.07, 6.45) is 7.07. The molecule has 3 heteroatoms. The van der Waals surface area contributed by atoms with E-state index in [9.17, 15) is 0 Å². The van der Waals surface area contributed by atoms with Crippen LogP contribution < -0.4 is 0 Å². The second-order valence-corrected chi connectivity index (χ2v) is 11.9. The van der Waals surface area contributed by atoms with Gasteiger partial charge in [-0.05, 0) is 104 Å². The van der Waals surface area contributed by atoms with Crippen molar-refractivity contribution >= 4 is 0 Å². The van der Waals surface area contributed by atoms with Crippen molar-refractivity contribution < 1.29 is 0 Å². The standard InChI is InChI=1S/C35H47N3/c1-6-27-14-12-15-28(7-2)35(27)33-22-30(23-37-18-10-11-19-37)32(26(5)36-33)24-38-20-17-29-13-8-9-16-31(29)34(38)21-25(3)4/h8-9,12-16,22,25,34H,6-7,10-11,17-21,23-24H2,1-5H3. The topological polar surface area (TPSA) is 19.4 Å². The summed E-state index contributed by atoms with van der Waals surface area (Å²) in [6, 6.07) is 18.9. The van der Waals surface area contributed by atoms with Gasteiger partial charge in [0.15, 0.2) is 0 Å². The van der Waals surface area contributed by atoms with E-state index in [1.807, 2.05) is 0 Å². The van der Waals surface area contributed by atoms with E-state index in [1.165, 1.54) is 71.6 Å². The van der Waals surface area contributed by atoms with Gasteiger partial charge in [0.2, 0.25) is 0 Å². The molecular weight excluding hydrogens is 462 g/mol. The molecule has 0 aliphatic carbocycles. The molecule has 0 amide bonds. The molecular formula is C35H47N3. The summed E-state index contributed by atoms with van der Waals surface area (Å²) in [5.74, 6) is 0.664. The second kappa shape index (κ2) is 12.1. The molecule has 3 nitrogen and oxygen atoms in total. The molecule has 3 heterocycles. The Kier molecular flexibility index (Phi) is 8.65. The third-order valence-electron chi connectivity index (χ3n) is 8.85. The molecule has 2 aromatic carbocycles. The van der Waals surface area contributed by atoms with Crippen LogP contribution in [0.1, 0.15) is 92.1 Å². The summed E-state index contributed by atoms with van der Waals surface area (Å²) in [5, 5.41) is 0. The highest BCUT2D eigenvalue weighted by molar-refractivity contribution is 5.69. The van der Waals surface area contributed by atoms with E-state index in [-0.39, 0.29) is 0 Å². The zero-order valence-electron chi connectivity index (χ0n) is 24.4. The average molecular weight is 510 g/mol. The first-order chi connectivity index (χ1) is 18.5. The fraction of sp³-hybridized carbons (Fsp3) is 0.514. The van der Waals surface area contributed by atoms with Crippen molar-refractivity contribution in [2.24, 2.45) is 5.92 Å². The Balaban J connectivity index is 1.56. The van der Waals surface area contributed by atoms with Gasteiger partial charge in [-0.25, -0.2) is 0 Å². The fourth-order valence-corrected chi connectivity index (χ4v) is 6.82.